The molecule has 3 rings (SSSR count). The summed E-state index contributed by atoms with van der Waals surface area (Å²) in [6.45, 7) is 6.24. The predicted octanol–water partition coefficient (Wildman–Crippen LogP) is 1.41. The van der Waals surface area contributed by atoms with Crippen molar-refractivity contribution in [2.24, 2.45) is 0 Å². The van der Waals surface area contributed by atoms with Crippen molar-refractivity contribution < 1.29 is 4.79 Å². The molecule has 2 heterocycles. The monoisotopic (exact) mass is 328 g/mol. The van der Waals surface area contributed by atoms with Crippen molar-refractivity contribution in [1.82, 2.24) is 19.8 Å². The Bertz CT molecular complexity index is 771. The summed E-state index contributed by atoms with van der Waals surface area (Å²) in [6.07, 6.45) is 2.28. The van der Waals surface area contributed by atoms with Gasteiger partial charge in [0.2, 0.25) is 5.91 Å². The van der Waals surface area contributed by atoms with Gasteiger partial charge in [0.1, 0.15) is 5.82 Å². The van der Waals surface area contributed by atoms with Crippen LogP contribution in [0.4, 0.5) is 0 Å². The molecule has 0 radical (unpaired) electrons. The molecule has 1 aromatic heterocycles. The molecule has 0 spiro atoms. The minimum atomic E-state index is -0.0776. The number of amides is 1. The van der Waals surface area contributed by atoms with E-state index in [1.807, 2.05) is 30.0 Å². The molecule has 1 N–H and O–H groups in total. The predicted molar refractivity (Wildman–Crippen MR) is 94.0 cm³/mol. The lowest BCUT2D eigenvalue weighted by atomic mass is 10.2. The quantitative estimate of drug-likeness (QED) is 0.921. The summed E-state index contributed by atoms with van der Waals surface area (Å²) >= 11 is 0. The maximum absolute atomic E-state index is 12.1. The number of benzene rings is 1. The number of carbonyl (C=O) groups is 1. The molecule has 1 amide bonds. The molecule has 128 valence electrons. The number of H-pyrrole nitrogens is 1. The number of aromatic amines is 1. The Morgan fingerprint density at radius 2 is 2.04 bits per heavy atom. The third-order valence-electron chi connectivity index (χ3n) is 4.57. The molecule has 1 aliphatic heterocycles. The van der Waals surface area contributed by atoms with Gasteiger partial charge >= 0.3 is 0 Å². The summed E-state index contributed by atoms with van der Waals surface area (Å²) in [5.41, 5.74) is 0.665. The van der Waals surface area contributed by atoms with Crippen LogP contribution < -0.4 is 5.56 Å². The van der Waals surface area contributed by atoms with Gasteiger partial charge in [-0.1, -0.05) is 19.1 Å². The van der Waals surface area contributed by atoms with Crippen LogP contribution in [0.3, 0.4) is 0 Å². The lowest BCUT2D eigenvalue weighted by Crippen LogP contribution is -2.35. The van der Waals surface area contributed by atoms with Crippen LogP contribution >= 0.6 is 0 Å². The highest BCUT2D eigenvalue weighted by atomic mass is 16.2. The van der Waals surface area contributed by atoms with Gasteiger partial charge in [-0.3, -0.25) is 9.59 Å². The van der Waals surface area contributed by atoms with Gasteiger partial charge in [-0.2, -0.15) is 0 Å². The Balaban J connectivity index is 1.62. The molecule has 6 heteroatoms. The van der Waals surface area contributed by atoms with Gasteiger partial charge in [0.25, 0.3) is 5.56 Å². The molecule has 1 saturated heterocycles. The van der Waals surface area contributed by atoms with Crippen LogP contribution in [0.2, 0.25) is 0 Å². The number of aromatic nitrogens is 2. The van der Waals surface area contributed by atoms with Gasteiger partial charge < -0.3 is 14.8 Å². The summed E-state index contributed by atoms with van der Waals surface area (Å²) in [5.74, 6) is 0.960. The summed E-state index contributed by atoms with van der Waals surface area (Å²) < 4.78 is 0. The molecule has 1 aromatic carbocycles. The minimum absolute atomic E-state index is 0.0776. The second-order valence-corrected chi connectivity index (χ2v) is 6.21. The molecule has 0 bridgehead atoms. The van der Waals surface area contributed by atoms with Crippen LogP contribution in [0, 0.1) is 0 Å². The summed E-state index contributed by atoms with van der Waals surface area (Å²) in [6, 6.07) is 7.40. The number of para-hydroxylation sites is 1. The fraction of sp³-hybridized carbons (Fsp3) is 0.500. The van der Waals surface area contributed by atoms with Crippen LogP contribution in [-0.4, -0.2) is 58.4 Å². The largest absolute Gasteiger partial charge is 0.341 e. The van der Waals surface area contributed by atoms with E-state index in [2.05, 4.69) is 14.9 Å². The average Bonchev–Trinajstić information content (AvgIpc) is 2.85. The van der Waals surface area contributed by atoms with Gasteiger partial charge in [0, 0.05) is 39.0 Å². The van der Waals surface area contributed by atoms with Gasteiger partial charge in [-0.15, -0.1) is 0 Å². The maximum atomic E-state index is 12.1. The number of fused-ring (bicyclic) bond motifs is 1. The number of rotatable bonds is 4. The third kappa shape index (κ3) is 3.82. The Labute approximate surface area is 141 Å². The number of nitrogens with one attached hydrogen (secondary N) is 1. The molecule has 2 aromatic rings. The van der Waals surface area contributed by atoms with E-state index in [0.29, 0.717) is 18.2 Å². The first-order chi connectivity index (χ1) is 11.7. The molecule has 1 aliphatic rings. The zero-order valence-electron chi connectivity index (χ0n) is 14.1. The second kappa shape index (κ2) is 7.57. The summed E-state index contributed by atoms with van der Waals surface area (Å²) in [7, 11) is 0. The fourth-order valence-electron chi connectivity index (χ4n) is 3.18. The number of carbonyl (C=O) groups excluding carboxylic acids is 1. The van der Waals surface area contributed by atoms with E-state index >= 15 is 0 Å². The molecular weight excluding hydrogens is 304 g/mol. The Kier molecular flexibility index (Phi) is 5.25. The first-order valence-electron chi connectivity index (χ1n) is 8.65. The van der Waals surface area contributed by atoms with Crippen LogP contribution in [0.15, 0.2) is 29.1 Å². The van der Waals surface area contributed by atoms with Crippen LogP contribution in [0.1, 0.15) is 25.6 Å². The summed E-state index contributed by atoms with van der Waals surface area (Å²) in [5, 5.41) is 0.629. The van der Waals surface area contributed by atoms with Crippen molar-refractivity contribution in [3.8, 4) is 0 Å². The Hall–Kier alpha value is -2.21. The van der Waals surface area contributed by atoms with E-state index in [-0.39, 0.29) is 11.5 Å². The second-order valence-electron chi connectivity index (χ2n) is 6.21. The van der Waals surface area contributed by atoms with Gasteiger partial charge in [-0.05, 0) is 25.1 Å². The highest BCUT2D eigenvalue weighted by molar-refractivity contribution is 5.77. The fourth-order valence-corrected chi connectivity index (χ4v) is 3.18. The maximum Gasteiger partial charge on any atom is 0.258 e. The smallest absolute Gasteiger partial charge is 0.258 e. The van der Waals surface area contributed by atoms with E-state index in [9.17, 15) is 9.59 Å². The Morgan fingerprint density at radius 3 is 2.88 bits per heavy atom. The van der Waals surface area contributed by atoms with Crippen LogP contribution in [-0.2, 0) is 11.2 Å². The average molecular weight is 328 g/mol. The van der Waals surface area contributed by atoms with Gasteiger partial charge in [0.05, 0.1) is 10.9 Å². The lowest BCUT2D eigenvalue weighted by Gasteiger charge is -2.21. The zero-order valence-corrected chi connectivity index (χ0v) is 14.1. The molecule has 24 heavy (non-hydrogen) atoms. The lowest BCUT2D eigenvalue weighted by molar-refractivity contribution is -0.130. The first kappa shape index (κ1) is 16.6. The standard InChI is InChI=1S/C18H24N4O2/c1-2-17(23)22-10-5-9-21(12-13-22)11-8-16-19-15-7-4-3-6-14(15)18(24)20-16/h3-4,6-7H,2,5,8-13H2,1H3,(H,19,20,24). The number of hydrogen-bond acceptors (Lipinski definition) is 4. The van der Waals surface area contributed by atoms with Crippen molar-refractivity contribution in [1.29, 1.82) is 0 Å². The summed E-state index contributed by atoms with van der Waals surface area (Å²) in [4.78, 5) is 35.7. The number of hydrogen-bond donors (Lipinski definition) is 1. The first-order valence-corrected chi connectivity index (χ1v) is 8.65. The van der Waals surface area contributed by atoms with E-state index < -0.39 is 0 Å². The molecule has 0 saturated carbocycles. The topological polar surface area (TPSA) is 69.3 Å². The van der Waals surface area contributed by atoms with Crippen molar-refractivity contribution in [2.75, 3.05) is 32.7 Å². The van der Waals surface area contributed by atoms with Gasteiger partial charge in [0.15, 0.2) is 0 Å². The molecule has 0 unspecified atom stereocenters. The minimum Gasteiger partial charge on any atom is -0.341 e. The highest BCUT2D eigenvalue weighted by Gasteiger charge is 2.17. The van der Waals surface area contributed by atoms with Crippen LogP contribution in [0.25, 0.3) is 10.9 Å². The third-order valence-corrected chi connectivity index (χ3v) is 4.57. The highest BCUT2D eigenvalue weighted by Crippen LogP contribution is 2.08. The molecule has 1 fully saturated rings. The number of nitrogens with zero attached hydrogens (tertiary/aromatic N) is 3. The van der Waals surface area contributed by atoms with Crippen molar-refractivity contribution >= 4 is 16.8 Å². The van der Waals surface area contributed by atoms with E-state index in [1.165, 1.54) is 0 Å². The van der Waals surface area contributed by atoms with Crippen LogP contribution in [0.5, 0.6) is 0 Å². The van der Waals surface area contributed by atoms with E-state index in [0.717, 1.165) is 50.5 Å². The molecular formula is C18H24N4O2. The van der Waals surface area contributed by atoms with Crippen molar-refractivity contribution in [3.63, 3.8) is 0 Å². The van der Waals surface area contributed by atoms with Gasteiger partial charge in [-0.25, -0.2) is 4.98 Å². The normalized spacial score (nSPS) is 16.3. The van der Waals surface area contributed by atoms with Crippen molar-refractivity contribution in [3.05, 3.63) is 40.4 Å². The zero-order chi connectivity index (χ0) is 16.9. The van der Waals surface area contributed by atoms with Crippen molar-refractivity contribution in [2.45, 2.75) is 26.2 Å². The SMILES string of the molecule is CCC(=O)N1CCCN(CCc2nc3ccccc3c(=O)[nH]2)CC1. The van der Waals surface area contributed by atoms with E-state index in [1.54, 1.807) is 6.07 Å². The molecule has 0 aliphatic carbocycles. The Morgan fingerprint density at radius 1 is 1.21 bits per heavy atom. The molecule has 0 atom stereocenters. The van der Waals surface area contributed by atoms with E-state index in [4.69, 9.17) is 0 Å². The molecule has 6 nitrogen and oxygen atoms in total.